The predicted molar refractivity (Wildman–Crippen MR) is 151 cm³/mol. The Morgan fingerprint density at radius 1 is 1.08 bits per heavy atom. The minimum absolute atomic E-state index is 0.0759. The maximum absolute atomic E-state index is 13.4. The highest BCUT2D eigenvalue weighted by molar-refractivity contribution is 9.10. The van der Waals surface area contributed by atoms with Crippen molar-refractivity contribution in [1.29, 1.82) is 0 Å². The molecule has 0 fully saturated rings. The van der Waals surface area contributed by atoms with E-state index in [4.69, 9.17) is 4.74 Å². The molecular formula is C27H38BrN3O5S. The van der Waals surface area contributed by atoms with Gasteiger partial charge in [-0.1, -0.05) is 40.2 Å². The van der Waals surface area contributed by atoms with Crippen LogP contribution in [0.5, 0.6) is 5.75 Å². The van der Waals surface area contributed by atoms with Crippen molar-refractivity contribution >= 4 is 43.5 Å². The Balaban J connectivity index is 2.22. The third-order valence-electron chi connectivity index (χ3n) is 5.52. The topological polar surface area (TPSA) is 96.0 Å². The van der Waals surface area contributed by atoms with Gasteiger partial charge in [0.05, 0.1) is 18.6 Å². The van der Waals surface area contributed by atoms with Crippen LogP contribution >= 0.6 is 15.9 Å². The van der Waals surface area contributed by atoms with Crippen molar-refractivity contribution in [2.75, 3.05) is 23.7 Å². The largest absolute Gasteiger partial charge is 0.492 e. The van der Waals surface area contributed by atoms with E-state index in [0.29, 0.717) is 18.0 Å². The van der Waals surface area contributed by atoms with Crippen LogP contribution in [0.15, 0.2) is 53.0 Å². The summed E-state index contributed by atoms with van der Waals surface area (Å²) in [6.07, 6.45) is 1.49. The van der Waals surface area contributed by atoms with E-state index in [1.54, 1.807) is 36.1 Å². The summed E-state index contributed by atoms with van der Waals surface area (Å²) in [6.45, 7) is 9.95. The smallest absolute Gasteiger partial charge is 0.242 e. The molecular weight excluding hydrogens is 558 g/mol. The number of carbonyl (C=O) groups excluding carboxylic acids is 2. The van der Waals surface area contributed by atoms with Gasteiger partial charge < -0.3 is 15.0 Å². The zero-order chi connectivity index (χ0) is 27.8. The molecule has 0 saturated heterocycles. The molecule has 0 aliphatic carbocycles. The van der Waals surface area contributed by atoms with Gasteiger partial charge in [0, 0.05) is 29.5 Å². The lowest BCUT2D eigenvalue weighted by Crippen LogP contribution is -2.52. The Kier molecular flexibility index (Phi) is 11.0. The van der Waals surface area contributed by atoms with Crippen molar-refractivity contribution in [2.24, 2.45) is 0 Å². The molecule has 37 heavy (non-hydrogen) atoms. The van der Waals surface area contributed by atoms with Crippen LogP contribution in [0.1, 0.15) is 53.0 Å². The van der Waals surface area contributed by atoms with Crippen LogP contribution < -0.4 is 14.4 Å². The maximum atomic E-state index is 13.4. The first kappa shape index (κ1) is 30.6. The highest BCUT2D eigenvalue weighted by atomic mass is 79.9. The van der Waals surface area contributed by atoms with E-state index in [-0.39, 0.29) is 37.7 Å². The van der Waals surface area contributed by atoms with Crippen molar-refractivity contribution in [1.82, 2.24) is 10.2 Å². The molecule has 1 N–H and O–H groups in total. The summed E-state index contributed by atoms with van der Waals surface area (Å²) in [4.78, 5) is 27.9. The molecule has 2 aromatic rings. The number of rotatable bonds is 12. The molecule has 0 unspecified atom stereocenters. The van der Waals surface area contributed by atoms with Crippen LogP contribution in [0, 0.1) is 0 Å². The Morgan fingerprint density at radius 2 is 1.70 bits per heavy atom. The minimum Gasteiger partial charge on any atom is -0.492 e. The molecule has 2 amide bonds. The normalized spacial score (nSPS) is 12.5. The highest BCUT2D eigenvalue weighted by Crippen LogP contribution is 2.30. The second-order valence-corrected chi connectivity index (χ2v) is 12.7. The molecule has 2 aromatic carbocycles. The van der Waals surface area contributed by atoms with Crippen LogP contribution in [0.3, 0.4) is 0 Å². The monoisotopic (exact) mass is 595 g/mol. The van der Waals surface area contributed by atoms with Crippen LogP contribution in [0.25, 0.3) is 0 Å². The number of carbonyl (C=O) groups is 2. The molecule has 0 saturated carbocycles. The second kappa shape index (κ2) is 13.3. The molecule has 8 nitrogen and oxygen atoms in total. The van der Waals surface area contributed by atoms with Crippen molar-refractivity contribution in [2.45, 2.75) is 65.6 Å². The molecule has 2 rings (SSSR count). The second-order valence-electron chi connectivity index (χ2n) is 9.90. The number of sulfonamides is 1. The number of amides is 2. The van der Waals surface area contributed by atoms with Crippen LogP contribution in [-0.4, -0.2) is 56.1 Å². The molecule has 0 bridgehead atoms. The number of hydrogen-bond donors (Lipinski definition) is 1. The van der Waals surface area contributed by atoms with Crippen LogP contribution in [-0.2, 0) is 26.2 Å². The van der Waals surface area contributed by atoms with E-state index < -0.39 is 21.6 Å². The molecule has 0 aliphatic heterocycles. The summed E-state index contributed by atoms with van der Waals surface area (Å²) in [6, 6.07) is 13.8. The van der Waals surface area contributed by atoms with E-state index in [1.165, 1.54) is 4.31 Å². The summed E-state index contributed by atoms with van der Waals surface area (Å²) < 4.78 is 33.0. The highest BCUT2D eigenvalue weighted by Gasteiger charge is 2.29. The molecule has 0 heterocycles. The van der Waals surface area contributed by atoms with Gasteiger partial charge in [0.15, 0.2) is 0 Å². The number of halogens is 1. The average molecular weight is 597 g/mol. The molecule has 204 valence electrons. The van der Waals surface area contributed by atoms with Crippen molar-refractivity contribution < 1.29 is 22.7 Å². The van der Waals surface area contributed by atoms with Gasteiger partial charge in [0.25, 0.3) is 0 Å². The standard InChI is InChI=1S/C27H38BrN3O5S/c1-7-36-24-12-9-8-11-23(24)31(37(6,34)35)18-10-13-25(32)30(19-21-14-16-22(28)17-15-21)20(2)26(33)29-27(3,4)5/h8-9,11-12,14-17,20H,7,10,13,18-19H2,1-6H3,(H,29,33)/t20-/m0/s1. The molecule has 0 spiro atoms. The number of hydrogen-bond acceptors (Lipinski definition) is 5. The van der Waals surface area contributed by atoms with Crippen molar-refractivity contribution in [3.8, 4) is 5.75 Å². The number of ether oxygens (including phenoxy) is 1. The van der Waals surface area contributed by atoms with Gasteiger partial charge in [0.1, 0.15) is 11.8 Å². The number of nitrogens with zero attached hydrogens (tertiary/aromatic N) is 2. The number of para-hydroxylation sites is 2. The molecule has 1 atom stereocenters. The van der Waals surface area contributed by atoms with Gasteiger partial charge in [-0.25, -0.2) is 8.42 Å². The molecule has 10 heteroatoms. The van der Waals surface area contributed by atoms with Gasteiger partial charge in [-0.2, -0.15) is 0 Å². The number of nitrogens with one attached hydrogen (secondary N) is 1. The summed E-state index contributed by atoms with van der Waals surface area (Å²) in [7, 11) is -3.62. The first-order valence-electron chi connectivity index (χ1n) is 12.3. The van der Waals surface area contributed by atoms with Crippen LogP contribution in [0.4, 0.5) is 5.69 Å². The van der Waals surface area contributed by atoms with Crippen molar-refractivity contribution in [3.05, 3.63) is 58.6 Å². The zero-order valence-corrected chi connectivity index (χ0v) is 24.9. The fourth-order valence-corrected chi connectivity index (χ4v) is 5.00. The third kappa shape index (κ3) is 9.66. The maximum Gasteiger partial charge on any atom is 0.242 e. The number of benzene rings is 2. The Labute approximate surface area is 229 Å². The third-order valence-corrected chi connectivity index (χ3v) is 7.23. The lowest BCUT2D eigenvalue weighted by molar-refractivity contribution is -0.141. The first-order chi connectivity index (χ1) is 17.2. The molecule has 0 radical (unpaired) electrons. The lowest BCUT2D eigenvalue weighted by Gasteiger charge is -2.32. The number of anilines is 1. The van der Waals surface area contributed by atoms with E-state index in [1.807, 2.05) is 52.0 Å². The lowest BCUT2D eigenvalue weighted by atomic mass is 10.1. The SMILES string of the molecule is CCOc1ccccc1N(CCCC(=O)N(Cc1ccc(Br)cc1)[C@@H](C)C(=O)NC(C)(C)C)S(C)(=O)=O. The van der Waals surface area contributed by atoms with E-state index in [9.17, 15) is 18.0 Å². The Hall–Kier alpha value is -2.59. The van der Waals surface area contributed by atoms with Gasteiger partial charge in [-0.05, 0) is 70.9 Å². The van der Waals surface area contributed by atoms with Crippen molar-refractivity contribution in [3.63, 3.8) is 0 Å². The van der Waals surface area contributed by atoms with Crippen LogP contribution in [0.2, 0.25) is 0 Å². The van der Waals surface area contributed by atoms with E-state index in [2.05, 4.69) is 21.2 Å². The van der Waals surface area contributed by atoms with Gasteiger partial charge in [0.2, 0.25) is 21.8 Å². The van der Waals surface area contributed by atoms with Gasteiger partial charge in [-0.3, -0.25) is 13.9 Å². The van der Waals surface area contributed by atoms with E-state index in [0.717, 1.165) is 16.3 Å². The summed E-state index contributed by atoms with van der Waals surface area (Å²) in [5, 5.41) is 2.94. The van der Waals surface area contributed by atoms with Gasteiger partial charge in [-0.15, -0.1) is 0 Å². The van der Waals surface area contributed by atoms with Gasteiger partial charge >= 0.3 is 0 Å². The Morgan fingerprint density at radius 3 is 2.27 bits per heavy atom. The fraction of sp³-hybridized carbons (Fsp3) is 0.481. The quantitative estimate of drug-likeness (QED) is 0.383. The molecule has 0 aliphatic rings. The summed E-state index contributed by atoms with van der Waals surface area (Å²) >= 11 is 3.42. The fourth-order valence-electron chi connectivity index (χ4n) is 3.77. The minimum atomic E-state index is -3.62. The molecule has 0 aromatic heterocycles. The average Bonchev–Trinajstić information content (AvgIpc) is 2.80. The Bertz CT molecular complexity index is 1160. The van der Waals surface area contributed by atoms with E-state index >= 15 is 0 Å². The predicted octanol–water partition coefficient (Wildman–Crippen LogP) is 4.73. The summed E-state index contributed by atoms with van der Waals surface area (Å²) in [5.41, 5.74) is 0.876. The zero-order valence-electron chi connectivity index (χ0n) is 22.5. The first-order valence-corrected chi connectivity index (χ1v) is 14.9. The summed E-state index contributed by atoms with van der Waals surface area (Å²) in [5.74, 6) is -0.0153.